The number of sulfone groups is 1. The van der Waals surface area contributed by atoms with Gasteiger partial charge in [-0.1, -0.05) is 30.3 Å². The fraction of sp³-hybridized carbons (Fsp3) is 0.143. The number of hydrogen-bond donors (Lipinski definition) is 3. The summed E-state index contributed by atoms with van der Waals surface area (Å²) in [5.74, 6) is -3.01. The van der Waals surface area contributed by atoms with Crippen LogP contribution < -0.4 is 5.73 Å². The second-order valence-corrected chi connectivity index (χ2v) is 10.8. The molecule has 0 saturated heterocycles. The molecular formula is C21H16F6N2O4S3. The Hall–Kier alpha value is -3.04. The van der Waals surface area contributed by atoms with Gasteiger partial charge in [0.1, 0.15) is 5.84 Å². The van der Waals surface area contributed by atoms with Gasteiger partial charge in [-0.2, -0.15) is 26.3 Å². The Labute approximate surface area is 209 Å². The average molecular weight is 571 g/mol. The Kier molecular flexibility index (Phi) is 8.86. The number of hydrogen-bond acceptors (Lipinski definition) is 6. The van der Waals surface area contributed by atoms with Crippen LogP contribution in [0.1, 0.15) is 10.4 Å². The van der Waals surface area contributed by atoms with Gasteiger partial charge in [0.25, 0.3) is 0 Å². The molecule has 194 valence electrons. The topological polar surface area (TPSA) is 121 Å². The van der Waals surface area contributed by atoms with E-state index in [0.29, 0.717) is 9.09 Å². The molecule has 0 aliphatic heterocycles. The zero-order valence-corrected chi connectivity index (χ0v) is 20.4. The Balaban J connectivity index is 0.000000572. The lowest BCUT2D eigenvalue weighted by Gasteiger charge is -2.13. The first-order valence-corrected chi connectivity index (χ1v) is 12.9. The molecular weight excluding hydrogens is 554 g/mol. The van der Waals surface area contributed by atoms with Crippen LogP contribution in [0.4, 0.5) is 26.3 Å². The number of aliphatic carboxylic acids is 1. The number of benzene rings is 2. The minimum absolute atomic E-state index is 0.0125. The molecule has 0 fully saturated rings. The Morgan fingerprint density at radius 1 is 1.03 bits per heavy atom. The zero-order chi connectivity index (χ0) is 27.5. The summed E-state index contributed by atoms with van der Waals surface area (Å²) in [6.07, 6.45) is -7.95. The van der Waals surface area contributed by atoms with Crippen LogP contribution >= 0.6 is 23.1 Å². The molecule has 2 aromatic carbocycles. The van der Waals surface area contributed by atoms with E-state index in [4.69, 9.17) is 21.0 Å². The lowest BCUT2D eigenvalue weighted by Crippen LogP contribution is -2.21. The number of amidine groups is 1. The molecule has 4 N–H and O–H groups in total. The molecule has 1 heterocycles. The van der Waals surface area contributed by atoms with Gasteiger partial charge in [-0.25, -0.2) is 13.2 Å². The molecule has 3 rings (SSSR count). The number of nitrogens with two attached hydrogens (primary N) is 1. The van der Waals surface area contributed by atoms with Gasteiger partial charge < -0.3 is 10.8 Å². The number of nitrogen functional groups attached to an aromatic ring is 1. The van der Waals surface area contributed by atoms with Crippen LogP contribution in [0.5, 0.6) is 0 Å². The number of thiophene rings is 1. The van der Waals surface area contributed by atoms with E-state index in [1.54, 1.807) is 6.26 Å². The molecule has 0 atom stereocenters. The summed E-state index contributed by atoms with van der Waals surface area (Å²) in [5.41, 5.74) is 4.68. The normalized spacial score (nSPS) is 12.0. The number of rotatable bonds is 5. The smallest absolute Gasteiger partial charge is 0.475 e. The molecule has 0 saturated carbocycles. The minimum atomic E-state index is -5.08. The molecule has 0 aliphatic carbocycles. The fourth-order valence-electron chi connectivity index (χ4n) is 2.76. The molecule has 0 spiro atoms. The SMILES string of the molecule is CSc1sc(C(=N)N)cc1S(=O)(=O)c1cccc(-c2ccccc2C(F)(F)F)c1.O=C(O)C(F)(F)F. The first-order chi connectivity index (χ1) is 16.5. The van der Waals surface area contributed by atoms with E-state index in [2.05, 4.69) is 0 Å². The van der Waals surface area contributed by atoms with Crippen LogP contribution in [0.15, 0.2) is 68.6 Å². The van der Waals surface area contributed by atoms with Crippen LogP contribution in [-0.4, -0.2) is 37.8 Å². The van der Waals surface area contributed by atoms with E-state index in [1.165, 1.54) is 60.3 Å². The van der Waals surface area contributed by atoms with Gasteiger partial charge in [-0.15, -0.1) is 23.1 Å². The maximum absolute atomic E-state index is 13.4. The van der Waals surface area contributed by atoms with Crippen LogP contribution in [-0.2, 0) is 20.8 Å². The van der Waals surface area contributed by atoms with Crippen molar-refractivity contribution in [1.29, 1.82) is 5.41 Å². The van der Waals surface area contributed by atoms with Gasteiger partial charge in [-0.3, -0.25) is 5.41 Å². The highest BCUT2D eigenvalue weighted by atomic mass is 32.2. The number of nitrogens with one attached hydrogen (secondary N) is 1. The van der Waals surface area contributed by atoms with Crippen molar-refractivity contribution in [2.24, 2.45) is 5.73 Å². The zero-order valence-electron chi connectivity index (χ0n) is 17.9. The van der Waals surface area contributed by atoms with Crippen molar-refractivity contribution in [1.82, 2.24) is 0 Å². The number of carboxylic acids is 1. The third-order valence-corrected chi connectivity index (χ3v) is 8.67. The molecule has 0 amide bonds. The largest absolute Gasteiger partial charge is 0.490 e. The van der Waals surface area contributed by atoms with Gasteiger partial charge in [-0.05, 0) is 41.6 Å². The standard InChI is InChI=1S/C19H15F3N2O2S3.C2HF3O2/c1-27-18-16(10-15(28-18)17(23)24)29(25,26)12-6-4-5-11(9-12)13-7-2-3-8-14(13)19(20,21)22;3-2(4,5)1(6)7/h2-10H,1H3,(H3,23,24);(H,6,7). The highest BCUT2D eigenvalue weighted by molar-refractivity contribution is 8.01. The minimum Gasteiger partial charge on any atom is -0.475 e. The van der Waals surface area contributed by atoms with Crippen LogP contribution in [0.2, 0.25) is 0 Å². The van der Waals surface area contributed by atoms with Crippen molar-refractivity contribution in [3.63, 3.8) is 0 Å². The number of carbonyl (C=O) groups is 1. The van der Waals surface area contributed by atoms with Crippen LogP contribution in [0.3, 0.4) is 0 Å². The molecule has 0 bridgehead atoms. The fourth-order valence-corrected chi connectivity index (χ4v) is 6.66. The van der Waals surface area contributed by atoms with Crippen LogP contribution in [0, 0.1) is 5.41 Å². The third kappa shape index (κ3) is 6.79. The van der Waals surface area contributed by atoms with Gasteiger partial charge in [0.2, 0.25) is 9.84 Å². The summed E-state index contributed by atoms with van der Waals surface area (Å²) in [7, 11) is -4.02. The summed E-state index contributed by atoms with van der Waals surface area (Å²) >= 11 is 2.28. The summed E-state index contributed by atoms with van der Waals surface area (Å²) in [6, 6.07) is 11.8. The van der Waals surface area contributed by atoms with E-state index in [1.807, 2.05) is 0 Å². The van der Waals surface area contributed by atoms with Crippen molar-refractivity contribution in [3.8, 4) is 11.1 Å². The Morgan fingerprint density at radius 2 is 1.61 bits per heavy atom. The summed E-state index contributed by atoms with van der Waals surface area (Å²) in [4.78, 5) is 9.07. The molecule has 3 aromatic rings. The monoisotopic (exact) mass is 570 g/mol. The molecule has 0 aliphatic rings. The second kappa shape index (κ2) is 10.9. The first-order valence-electron chi connectivity index (χ1n) is 9.34. The van der Waals surface area contributed by atoms with Crippen molar-refractivity contribution < 1.29 is 44.7 Å². The summed E-state index contributed by atoms with van der Waals surface area (Å²) < 4.78 is 98.6. The predicted octanol–water partition coefficient (Wildman–Crippen LogP) is 5.91. The van der Waals surface area contributed by atoms with E-state index < -0.39 is 33.7 Å². The number of thioether (sulfide) groups is 1. The van der Waals surface area contributed by atoms with Gasteiger partial charge >= 0.3 is 18.3 Å². The van der Waals surface area contributed by atoms with E-state index in [0.717, 1.165) is 17.4 Å². The molecule has 1 aromatic heterocycles. The van der Waals surface area contributed by atoms with E-state index in [9.17, 15) is 34.8 Å². The van der Waals surface area contributed by atoms with Crippen molar-refractivity contribution >= 4 is 44.7 Å². The summed E-state index contributed by atoms with van der Waals surface area (Å²) in [5, 5.41) is 14.7. The number of halogens is 6. The van der Waals surface area contributed by atoms with Gasteiger partial charge in [0.05, 0.1) is 24.4 Å². The number of alkyl halides is 6. The second-order valence-electron chi connectivity index (χ2n) is 6.76. The van der Waals surface area contributed by atoms with Crippen molar-refractivity contribution in [2.45, 2.75) is 26.4 Å². The highest BCUT2D eigenvalue weighted by Gasteiger charge is 2.38. The maximum Gasteiger partial charge on any atom is 0.490 e. The first kappa shape index (κ1) is 29.2. The van der Waals surface area contributed by atoms with Crippen molar-refractivity contribution in [2.75, 3.05) is 6.26 Å². The van der Waals surface area contributed by atoms with E-state index in [-0.39, 0.29) is 26.8 Å². The highest BCUT2D eigenvalue weighted by Crippen LogP contribution is 2.40. The van der Waals surface area contributed by atoms with Gasteiger partial charge in [0.15, 0.2) is 0 Å². The average Bonchev–Trinajstić information content (AvgIpc) is 3.24. The lowest BCUT2D eigenvalue weighted by molar-refractivity contribution is -0.192. The maximum atomic E-state index is 13.4. The van der Waals surface area contributed by atoms with Crippen molar-refractivity contribution in [3.05, 3.63) is 65.0 Å². The Bertz CT molecular complexity index is 1380. The lowest BCUT2D eigenvalue weighted by atomic mass is 9.99. The quantitative estimate of drug-likeness (QED) is 0.152. The van der Waals surface area contributed by atoms with E-state index >= 15 is 0 Å². The molecule has 6 nitrogen and oxygen atoms in total. The molecule has 15 heteroatoms. The van der Waals surface area contributed by atoms with Gasteiger partial charge in [0, 0.05) is 0 Å². The Morgan fingerprint density at radius 3 is 2.11 bits per heavy atom. The summed E-state index contributed by atoms with van der Waals surface area (Å²) in [6.45, 7) is 0. The van der Waals surface area contributed by atoms with Crippen LogP contribution in [0.25, 0.3) is 11.1 Å². The molecule has 0 radical (unpaired) electrons. The molecule has 0 unspecified atom stereocenters. The third-order valence-electron chi connectivity index (χ3n) is 4.34. The predicted molar refractivity (Wildman–Crippen MR) is 123 cm³/mol. The molecule has 36 heavy (non-hydrogen) atoms. The number of carboxylic acid groups (broad SMARTS) is 1.